The van der Waals surface area contributed by atoms with Crippen molar-refractivity contribution in [2.45, 2.75) is 6.61 Å². The molecular formula is C12H8ClN3O4S. The van der Waals surface area contributed by atoms with Crippen molar-refractivity contribution in [1.29, 1.82) is 0 Å². The van der Waals surface area contributed by atoms with Crippen LogP contribution in [0.4, 0.5) is 5.69 Å². The number of aromatic nitrogens is 2. The minimum Gasteiger partial charge on any atom is -0.430 e. The van der Waals surface area contributed by atoms with Crippen LogP contribution >= 0.6 is 22.9 Å². The van der Waals surface area contributed by atoms with Gasteiger partial charge in [-0.3, -0.25) is 14.5 Å². The monoisotopic (exact) mass is 325 g/mol. The van der Waals surface area contributed by atoms with E-state index in [1.165, 1.54) is 29.5 Å². The van der Waals surface area contributed by atoms with Gasteiger partial charge in [-0.05, 0) is 12.1 Å². The average molecular weight is 326 g/mol. The molecule has 3 rings (SSSR count). The fraction of sp³-hybridized carbons (Fsp3) is 0.0833. The molecule has 7 nitrogen and oxygen atoms in total. The predicted molar refractivity (Wildman–Crippen MR) is 77.2 cm³/mol. The van der Waals surface area contributed by atoms with Crippen LogP contribution in [0, 0.1) is 10.1 Å². The number of aliphatic hydroxyl groups is 1. The van der Waals surface area contributed by atoms with Gasteiger partial charge in [-0.15, -0.1) is 11.3 Å². The maximum atomic E-state index is 11.0. The van der Waals surface area contributed by atoms with Crippen LogP contribution in [-0.2, 0) is 6.61 Å². The summed E-state index contributed by atoms with van der Waals surface area (Å²) in [4.78, 5) is 15.3. The number of benzene rings is 1. The van der Waals surface area contributed by atoms with E-state index in [9.17, 15) is 15.2 Å². The Morgan fingerprint density at radius 2 is 2.33 bits per heavy atom. The van der Waals surface area contributed by atoms with E-state index in [1.54, 1.807) is 10.6 Å². The molecule has 108 valence electrons. The summed E-state index contributed by atoms with van der Waals surface area (Å²) in [5, 5.41) is 22.5. The number of ether oxygens (including phenoxy) is 1. The third-order valence-electron chi connectivity index (χ3n) is 2.80. The Hall–Kier alpha value is -2.16. The zero-order valence-electron chi connectivity index (χ0n) is 10.4. The molecule has 0 aliphatic heterocycles. The molecule has 2 aromatic heterocycles. The number of nitrogens with zero attached hydrogens (tertiary/aromatic N) is 3. The molecule has 0 atom stereocenters. The topological polar surface area (TPSA) is 89.9 Å². The molecule has 0 amide bonds. The summed E-state index contributed by atoms with van der Waals surface area (Å²) in [6.07, 6.45) is 1.74. The molecule has 1 N–H and O–H groups in total. The minimum absolute atomic E-state index is 0.0184. The van der Waals surface area contributed by atoms with Crippen molar-refractivity contribution in [3.8, 4) is 11.6 Å². The number of imidazole rings is 1. The second-order valence-corrected chi connectivity index (χ2v) is 5.36. The minimum atomic E-state index is -0.585. The zero-order valence-corrected chi connectivity index (χ0v) is 12.0. The smallest absolute Gasteiger partial charge is 0.313 e. The highest BCUT2D eigenvalue weighted by atomic mass is 35.5. The van der Waals surface area contributed by atoms with Gasteiger partial charge in [0.25, 0.3) is 0 Å². The fourth-order valence-corrected chi connectivity index (χ4v) is 2.75. The summed E-state index contributed by atoms with van der Waals surface area (Å²) < 4.78 is 7.17. The quantitative estimate of drug-likeness (QED) is 0.587. The Kier molecular flexibility index (Phi) is 3.50. The first kappa shape index (κ1) is 13.8. The van der Waals surface area contributed by atoms with Crippen molar-refractivity contribution >= 4 is 33.6 Å². The van der Waals surface area contributed by atoms with E-state index in [4.69, 9.17) is 16.3 Å². The maximum Gasteiger partial charge on any atom is 0.313 e. The summed E-state index contributed by atoms with van der Waals surface area (Å²) in [5.41, 5.74) is 0.165. The normalized spacial score (nSPS) is 11.0. The molecule has 9 heteroatoms. The molecule has 2 heterocycles. The largest absolute Gasteiger partial charge is 0.430 e. The molecule has 0 saturated carbocycles. The van der Waals surface area contributed by atoms with Crippen molar-refractivity contribution < 1.29 is 14.8 Å². The van der Waals surface area contributed by atoms with Gasteiger partial charge in [-0.1, -0.05) is 11.6 Å². The predicted octanol–water partition coefficient (Wildman–Crippen LogP) is 3.24. The Bertz CT molecular complexity index is 829. The van der Waals surface area contributed by atoms with Crippen LogP contribution in [-0.4, -0.2) is 19.4 Å². The Morgan fingerprint density at radius 1 is 1.52 bits per heavy atom. The van der Waals surface area contributed by atoms with E-state index in [0.29, 0.717) is 10.7 Å². The highest BCUT2D eigenvalue weighted by molar-refractivity contribution is 7.15. The number of nitro benzene ring substituents is 1. The summed E-state index contributed by atoms with van der Waals surface area (Å²) in [6, 6.07) is 4.09. The Balaban J connectivity index is 2.06. The molecule has 0 aliphatic rings. The summed E-state index contributed by atoms with van der Waals surface area (Å²) in [7, 11) is 0. The number of hydrogen-bond acceptors (Lipinski definition) is 6. The van der Waals surface area contributed by atoms with Gasteiger partial charge in [0.15, 0.2) is 4.96 Å². The molecule has 1 aromatic carbocycles. The van der Waals surface area contributed by atoms with Crippen LogP contribution in [0.2, 0.25) is 5.02 Å². The standard InChI is InChI=1S/C12H8ClN3O4S/c13-7-1-2-10(8(5-7)16(18)19)20-11-9(6-17)15-3-4-21-12(15)14-11/h1-5,17H,6H2. The fourth-order valence-electron chi connectivity index (χ4n) is 1.86. The zero-order chi connectivity index (χ0) is 15.0. The van der Waals surface area contributed by atoms with Crippen molar-refractivity contribution in [2.24, 2.45) is 0 Å². The van der Waals surface area contributed by atoms with Crippen molar-refractivity contribution in [3.05, 3.63) is 50.6 Å². The lowest BCUT2D eigenvalue weighted by atomic mass is 10.3. The lowest BCUT2D eigenvalue weighted by Gasteiger charge is -2.05. The van der Waals surface area contributed by atoms with Crippen molar-refractivity contribution in [2.75, 3.05) is 0 Å². The third-order valence-corrected chi connectivity index (χ3v) is 3.79. The van der Waals surface area contributed by atoms with E-state index in [1.807, 2.05) is 5.38 Å². The molecule has 0 saturated heterocycles. The number of halogens is 1. The van der Waals surface area contributed by atoms with E-state index in [-0.39, 0.29) is 28.9 Å². The molecule has 0 radical (unpaired) electrons. The summed E-state index contributed by atoms with van der Waals surface area (Å²) in [5.74, 6) is 0.152. The van der Waals surface area contributed by atoms with E-state index in [0.717, 1.165) is 0 Å². The molecule has 0 unspecified atom stereocenters. The number of thiazole rings is 1. The van der Waals surface area contributed by atoms with Crippen molar-refractivity contribution in [3.63, 3.8) is 0 Å². The van der Waals surface area contributed by atoms with Crippen molar-refractivity contribution in [1.82, 2.24) is 9.38 Å². The van der Waals surface area contributed by atoms with E-state index < -0.39 is 4.92 Å². The molecule has 0 aliphatic carbocycles. The van der Waals surface area contributed by atoms with Gasteiger partial charge in [0.1, 0.15) is 5.69 Å². The van der Waals surface area contributed by atoms with Gasteiger partial charge < -0.3 is 9.84 Å². The highest BCUT2D eigenvalue weighted by Crippen LogP contribution is 2.35. The number of rotatable bonds is 4. The molecule has 0 spiro atoms. The highest BCUT2D eigenvalue weighted by Gasteiger charge is 2.20. The first-order valence-corrected chi connectivity index (χ1v) is 7.03. The van der Waals surface area contributed by atoms with Gasteiger partial charge >= 0.3 is 5.69 Å². The second kappa shape index (κ2) is 5.32. The van der Waals surface area contributed by atoms with E-state index >= 15 is 0 Å². The lowest BCUT2D eigenvalue weighted by Crippen LogP contribution is -1.97. The van der Waals surface area contributed by atoms with Crippen LogP contribution < -0.4 is 4.74 Å². The Labute approximate surface area is 127 Å². The maximum absolute atomic E-state index is 11.0. The van der Waals surface area contributed by atoms with Crippen LogP contribution in [0.25, 0.3) is 4.96 Å². The van der Waals surface area contributed by atoms with E-state index in [2.05, 4.69) is 4.98 Å². The Morgan fingerprint density at radius 3 is 3.05 bits per heavy atom. The number of fused-ring (bicyclic) bond motifs is 1. The second-order valence-electron chi connectivity index (χ2n) is 4.05. The molecule has 0 fully saturated rings. The van der Waals surface area contributed by atoms with Crippen LogP contribution in [0.5, 0.6) is 11.6 Å². The lowest BCUT2D eigenvalue weighted by molar-refractivity contribution is -0.385. The van der Waals surface area contributed by atoms with Gasteiger partial charge in [0.05, 0.1) is 11.5 Å². The summed E-state index contributed by atoms with van der Waals surface area (Å²) in [6.45, 7) is -0.297. The molecular weight excluding hydrogens is 318 g/mol. The number of hydrogen-bond donors (Lipinski definition) is 1. The molecule has 0 bridgehead atoms. The van der Waals surface area contributed by atoms with Gasteiger partial charge in [-0.2, -0.15) is 4.98 Å². The first-order chi connectivity index (χ1) is 10.1. The van der Waals surface area contributed by atoms with Gasteiger partial charge in [-0.25, -0.2) is 0 Å². The molecule has 3 aromatic rings. The van der Waals surface area contributed by atoms with Crippen LogP contribution in [0.3, 0.4) is 0 Å². The third kappa shape index (κ3) is 2.44. The van der Waals surface area contributed by atoms with Gasteiger partial charge in [0.2, 0.25) is 11.6 Å². The first-order valence-electron chi connectivity index (χ1n) is 5.77. The molecule has 21 heavy (non-hydrogen) atoms. The van der Waals surface area contributed by atoms with Gasteiger partial charge in [0, 0.05) is 22.7 Å². The number of nitro groups is 1. The summed E-state index contributed by atoms with van der Waals surface area (Å²) >= 11 is 7.12. The average Bonchev–Trinajstić information content (AvgIpc) is 3.00. The van der Waals surface area contributed by atoms with Crippen LogP contribution in [0.1, 0.15) is 5.69 Å². The van der Waals surface area contributed by atoms with Crippen LogP contribution in [0.15, 0.2) is 29.8 Å². The number of aliphatic hydroxyl groups excluding tert-OH is 1. The SMILES string of the molecule is O=[N+]([O-])c1cc(Cl)ccc1Oc1nc2sccn2c1CO.